The Balaban J connectivity index is 1.79. The maximum atomic E-state index is 5.83. The van der Waals surface area contributed by atoms with E-state index in [1.165, 1.54) is 11.5 Å². The molecule has 5 nitrogen and oxygen atoms in total. The van der Waals surface area contributed by atoms with Crippen molar-refractivity contribution >= 4 is 16.5 Å². The largest absolute Gasteiger partial charge is 0.381 e. The first-order valence-electron chi connectivity index (χ1n) is 6.14. The Bertz CT molecular complexity index is 326. The Hall–Kier alpha value is -0.720. The van der Waals surface area contributed by atoms with Gasteiger partial charge in [-0.3, -0.25) is 0 Å². The first-order valence-corrected chi connectivity index (χ1v) is 6.92. The van der Waals surface area contributed by atoms with E-state index in [1.807, 2.05) is 0 Å². The van der Waals surface area contributed by atoms with Crippen molar-refractivity contribution in [1.82, 2.24) is 9.59 Å². The predicted octanol–water partition coefficient (Wildman–Crippen LogP) is 2.06. The fourth-order valence-electron chi connectivity index (χ4n) is 1.72. The van der Waals surface area contributed by atoms with Gasteiger partial charge in [0.25, 0.3) is 0 Å². The number of ether oxygens (including phenoxy) is 2. The van der Waals surface area contributed by atoms with E-state index >= 15 is 0 Å². The molecule has 0 aliphatic carbocycles. The molecule has 1 aliphatic heterocycles. The van der Waals surface area contributed by atoms with Crippen molar-refractivity contribution in [2.24, 2.45) is 0 Å². The lowest BCUT2D eigenvalue weighted by molar-refractivity contribution is -0.0398. The molecule has 0 saturated carbocycles. The average Bonchev–Trinajstić information content (AvgIpc) is 2.82. The van der Waals surface area contributed by atoms with Crippen molar-refractivity contribution in [3.63, 3.8) is 0 Å². The smallest absolute Gasteiger partial charge is 0.135 e. The summed E-state index contributed by atoms with van der Waals surface area (Å²) in [5.74, 6) is 0. The van der Waals surface area contributed by atoms with Crippen molar-refractivity contribution in [1.29, 1.82) is 0 Å². The summed E-state index contributed by atoms with van der Waals surface area (Å²) in [7, 11) is 0. The lowest BCUT2D eigenvalue weighted by Gasteiger charge is -2.22. The molecule has 0 aromatic carbocycles. The van der Waals surface area contributed by atoms with Gasteiger partial charge in [-0.1, -0.05) is 11.4 Å². The van der Waals surface area contributed by atoms with Crippen molar-refractivity contribution < 1.29 is 9.47 Å². The highest BCUT2D eigenvalue weighted by atomic mass is 32.1. The number of nitrogens with zero attached hydrogens (tertiary/aromatic N) is 2. The van der Waals surface area contributed by atoms with E-state index in [4.69, 9.17) is 9.47 Å². The van der Waals surface area contributed by atoms with Gasteiger partial charge >= 0.3 is 0 Å². The molecule has 0 spiro atoms. The van der Waals surface area contributed by atoms with Crippen molar-refractivity contribution in [2.75, 3.05) is 25.1 Å². The highest BCUT2D eigenvalue weighted by Gasteiger charge is 2.16. The predicted molar refractivity (Wildman–Crippen MR) is 67.3 cm³/mol. The monoisotopic (exact) mass is 257 g/mol. The molecule has 6 heteroatoms. The molecule has 1 aliphatic rings. The maximum Gasteiger partial charge on any atom is 0.135 e. The Morgan fingerprint density at radius 2 is 2.29 bits per heavy atom. The van der Waals surface area contributed by atoms with Crippen molar-refractivity contribution in [3.05, 3.63) is 5.69 Å². The van der Waals surface area contributed by atoms with Crippen LogP contribution in [0.2, 0.25) is 0 Å². The zero-order valence-electron chi connectivity index (χ0n) is 10.1. The third-order valence-corrected chi connectivity index (χ3v) is 3.44. The summed E-state index contributed by atoms with van der Waals surface area (Å²) in [5.41, 5.74) is 0.926. The average molecular weight is 257 g/mol. The van der Waals surface area contributed by atoms with Crippen LogP contribution < -0.4 is 5.32 Å². The summed E-state index contributed by atoms with van der Waals surface area (Å²) >= 11 is 1.40. The SMILES string of the molecule is CCCNc1snnc1COC1CCOCC1. The van der Waals surface area contributed by atoms with Crippen LogP contribution in [-0.4, -0.2) is 35.4 Å². The molecular formula is C11H19N3O2S. The molecular weight excluding hydrogens is 238 g/mol. The molecule has 1 saturated heterocycles. The van der Waals surface area contributed by atoms with Gasteiger partial charge in [0, 0.05) is 31.3 Å². The number of rotatable bonds is 6. The second-order valence-corrected chi connectivity index (χ2v) is 4.85. The van der Waals surface area contributed by atoms with Crippen LogP contribution in [0.1, 0.15) is 31.9 Å². The van der Waals surface area contributed by atoms with Gasteiger partial charge in [0.05, 0.1) is 12.7 Å². The van der Waals surface area contributed by atoms with Gasteiger partial charge in [0.1, 0.15) is 10.7 Å². The Morgan fingerprint density at radius 1 is 1.47 bits per heavy atom. The van der Waals surface area contributed by atoms with Gasteiger partial charge in [-0.2, -0.15) is 0 Å². The van der Waals surface area contributed by atoms with E-state index in [0.29, 0.717) is 12.7 Å². The molecule has 0 unspecified atom stereocenters. The molecule has 1 aromatic heterocycles. The minimum atomic E-state index is 0.310. The van der Waals surface area contributed by atoms with Crippen LogP contribution in [0.4, 0.5) is 5.00 Å². The van der Waals surface area contributed by atoms with E-state index in [9.17, 15) is 0 Å². The van der Waals surface area contributed by atoms with Gasteiger partial charge in [0.15, 0.2) is 0 Å². The molecule has 1 aromatic rings. The van der Waals surface area contributed by atoms with Crippen molar-refractivity contribution in [3.8, 4) is 0 Å². The molecule has 2 rings (SSSR count). The summed E-state index contributed by atoms with van der Waals surface area (Å²) in [5, 5.41) is 8.46. The van der Waals surface area contributed by atoms with Gasteiger partial charge in [-0.25, -0.2) is 0 Å². The topological polar surface area (TPSA) is 56.3 Å². The Kier molecular flexibility index (Phi) is 5.15. The molecule has 2 heterocycles. The Morgan fingerprint density at radius 3 is 3.06 bits per heavy atom. The van der Waals surface area contributed by atoms with E-state index < -0.39 is 0 Å². The van der Waals surface area contributed by atoms with Crippen LogP contribution in [0.5, 0.6) is 0 Å². The van der Waals surface area contributed by atoms with E-state index in [2.05, 4.69) is 21.8 Å². The van der Waals surface area contributed by atoms with E-state index in [1.54, 1.807) is 0 Å². The number of anilines is 1. The number of hydrogen-bond acceptors (Lipinski definition) is 6. The fourth-order valence-corrected chi connectivity index (χ4v) is 2.31. The van der Waals surface area contributed by atoms with E-state index in [0.717, 1.165) is 49.7 Å². The summed E-state index contributed by atoms with van der Waals surface area (Å²) < 4.78 is 15.1. The van der Waals surface area contributed by atoms with Crippen molar-refractivity contribution in [2.45, 2.75) is 38.9 Å². The fraction of sp³-hybridized carbons (Fsp3) is 0.818. The number of aromatic nitrogens is 2. The summed E-state index contributed by atoms with van der Waals surface area (Å²) in [4.78, 5) is 0. The molecule has 0 amide bonds. The van der Waals surface area contributed by atoms with Crippen LogP contribution in [0, 0.1) is 0 Å². The highest BCUT2D eigenvalue weighted by molar-refractivity contribution is 7.10. The lowest BCUT2D eigenvalue weighted by atomic mass is 10.1. The zero-order chi connectivity index (χ0) is 11.9. The molecule has 0 bridgehead atoms. The first-order chi connectivity index (χ1) is 8.40. The minimum Gasteiger partial charge on any atom is -0.381 e. The molecule has 0 radical (unpaired) electrons. The van der Waals surface area contributed by atoms with Crippen LogP contribution in [0.25, 0.3) is 0 Å². The van der Waals surface area contributed by atoms with E-state index in [-0.39, 0.29) is 0 Å². The van der Waals surface area contributed by atoms with Gasteiger partial charge in [0.2, 0.25) is 0 Å². The highest BCUT2D eigenvalue weighted by Crippen LogP contribution is 2.20. The zero-order valence-corrected chi connectivity index (χ0v) is 11.0. The summed E-state index contributed by atoms with van der Waals surface area (Å²) in [6.45, 7) is 5.25. The van der Waals surface area contributed by atoms with Gasteiger partial charge in [-0.15, -0.1) is 5.10 Å². The van der Waals surface area contributed by atoms with Gasteiger partial charge in [-0.05, 0) is 19.3 Å². The van der Waals surface area contributed by atoms with Gasteiger partial charge < -0.3 is 14.8 Å². The third kappa shape index (κ3) is 3.90. The maximum absolute atomic E-state index is 5.83. The van der Waals surface area contributed by atoms with Crippen LogP contribution >= 0.6 is 11.5 Å². The van der Waals surface area contributed by atoms with Crippen LogP contribution in [-0.2, 0) is 16.1 Å². The van der Waals surface area contributed by atoms with Crippen LogP contribution in [0.15, 0.2) is 0 Å². The molecule has 1 fully saturated rings. The minimum absolute atomic E-state index is 0.310. The third-order valence-electron chi connectivity index (χ3n) is 2.72. The lowest BCUT2D eigenvalue weighted by Crippen LogP contribution is -2.23. The molecule has 96 valence electrons. The summed E-state index contributed by atoms with van der Waals surface area (Å²) in [6, 6.07) is 0. The molecule has 1 N–H and O–H groups in total. The normalized spacial score (nSPS) is 17.2. The standard InChI is InChI=1S/C11H19N3O2S/c1-2-5-12-11-10(13-14-17-11)8-16-9-3-6-15-7-4-9/h9,12H,2-8H2,1H3. The first kappa shape index (κ1) is 12.7. The Labute approximate surface area is 106 Å². The summed E-state index contributed by atoms with van der Waals surface area (Å²) in [6.07, 6.45) is 3.37. The molecule has 17 heavy (non-hydrogen) atoms. The number of hydrogen-bond donors (Lipinski definition) is 1. The quantitative estimate of drug-likeness (QED) is 0.845. The second-order valence-electron chi connectivity index (χ2n) is 4.10. The van der Waals surface area contributed by atoms with Crippen LogP contribution in [0.3, 0.4) is 0 Å². The second kappa shape index (κ2) is 6.88. The molecule has 0 atom stereocenters. The number of nitrogens with one attached hydrogen (secondary N) is 1.